The second-order valence-corrected chi connectivity index (χ2v) is 4.87. The fraction of sp³-hybridized carbons (Fsp3) is 0.176. The van der Waals surface area contributed by atoms with Crippen LogP contribution >= 0.6 is 0 Å². The number of phenolic OH excluding ortho intramolecular Hbond substituents is 1. The van der Waals surface area contributed by atoms with Crippen LogP contribution in [0.5, 0.6) is 11.5 Å². The molecule has 0 fully saturated rings. The summed E-state index contributed by atoms with van der Waals surface area (Å²) in [6.45, 7) is 1.78. The van der Waals surface area contributed by atoms with E-state index in [1.54, 1.807) is 25.1 Å². The third-order valence-corrected chi connectivity index (χ3v) is 3.25. The van der Waals surface area contributed by atoms with Crippen molar-refractivity contribution in [3.8, 4) is 11.5 Å². The normalized spacial score (nSPS) is 10.6. The molecule has 0 spiro atoms. The van der Waals surface area contributed by atoms with E-state index in [4.69, 9.17) is 9.47 Å². The molecule has 1 heterocycles. The molecule has 1 aromatic carbocycles. The second-order valence-electron chi connectivity index (χ2n) is 4.87. The molecular formula is C17H16N2O6. The first-order valence-electron chi connectivity index (χ1n) is 7.33. The molecule has 1 aromatic heterocycles. The zero-order valence-electron chi connectivity index (χ0n) is 13.6. The maximum atomic E-state index is 12.0. The lowest BCUT2D eigenvalue weighted by molar-refractivity contribution is -0.385. The largest absolute Gasteiger partial charge is 0.504 e. The number of aromatic nitrogens is 1. The van der Waals surface area contributed by atoms with Crippen molar-refractivity contribution < 1.29 is 24.3 Å². The van der Waals surface area contributed by atoms with Crippen molar-refractivity contribution >= 4 is 23.8 Å². The molecule has 130 valence electrons. The number of esters is 1. The summed E-state index contributed by atoms with van der Waals surface area (Å²) in [5.41, 5.74) is 0.616. The van der Waals surface area contributed by atoms with E-state index in [2.05, 4.69) is 4.98 Å². The number of hydrogen-bond acceptors (Lipinski definition) is 7. The Morgan fingerprint density at radius 3 is 2.76 bits per heavy atom. The molecule has 8 nitrogen and oxygen atoms in total. The van der Waals surface area contributed by atoms with Gasteiger partial charge in [-0.05, 0) is 30.7 Å². The lowest BCUT2D eigenvalue weighted by atomic mass is 10.1. The van der Waals surface area contributed by atoms with Gasteiger partial charge in [-0.15, -0.1) is 0 Å². The van der Waals surface area contributed by atoms with Crippen molar-refractivity contribution in [2.24, 2.45) is 0 Å². The Morgan fingerprint density at radius 1 is 1.36 bits per heavy atom. The summed E-state index contributed by atoms with van der Waals surface area (Å²) in [6, 6.07) is 5.83. The molecular weight excluding hydrogens is 328 g/mol. The van der Waals surface area contributed by atoms with E-state index in [-0.39, 0.29) is 29.3 Å². The van der Waals surface area contributed by atoms with Gasteiger partial charge in [-0.25, -0.2) is 9.78 Å². The van der Waals surface area contributed by atoms with E-state index in [0.717, 1.165) is 12.3 Å². The van der Waals surface area contributed by atoms with Crippen LogP contribution in [0.3, 0.4) is 0 Å². The van der Waals surface area contributed by atoms with Gasteiger partial charge in [0.2, 0.25) is 0 Å². The zero-order valence-corrected chi connectivity index (χ0v) is 13.6. The highest BCUT2D eigenvalue weighted by Crippen LogP contribution is 2.27. The summed E-state index contributed by atoms with van der Waals surface area (Å²) in [6.07, 6.45) is 4.24. The SMILES string of the molecule is CCOC(=O)c1cc([N+](=O)[O-])cnc1/C=C/c1ccc(O)c(OC)c1. The summed E-state index contributed by atoms with van der Waals surface area (Å²) in [7, 11) is 1.43. The maximum absolute atomic E-state index is 12.0. The molecule has 0 aliphatic heterocycles. The number of carbonyl (C=O) groups excluding carboxylic acids is 1. The van der Waals surface area contributed by atoms with Crippen molar-refractivity contribution in [3.05, 3.63) is 57.4 Å². The standard InChI is InChI=1S/C17H16N2O6/c1-3-25-17(21)13-9-12(19(22)23)10-18-14(13)6-4-11-5-7-15(20)16(8-11)24-2/h4-10,20H,3H2,1-2H3/b6-4+. The van der Waals surface area contributed by atoms with Crippen LogP contribution in [0.15, 0.2) is 30.5 Å². The predicted molar refractivity (Wildman–Crippen MR) is 90.4 cm³/mol. The van der Waals surface area contributed by atoms with Gasteiger partial charge in [-0.1, -0.05) is 12.1 Å². The van der Waals surface area contributed by atoms with Crippen molar-refractivity contribution in [2.45, 2.75) is 6.92 Å². The number of nitrogens with zero attached hydrogens (tertiary/aromatic N) is 2. The Labute approximate surface area is 143 Å². The average Bonchev–Trinajstić information content (AvgIpc) is 2.61. The zero-order chi connectivity index (χ0) is 18.4. The van der Waals surface area contributed by atoms with Gasteiger partial charge in [0.05, 0.1) is 29.9 Å². The number of carbonyl (C=O) groups is 1. The summed E-state index contributed by atoms with van der Waals surface area (Å²) >= 11 is 0. The third kappa shape index (κ3) is 4.31. The number of hydrogen-bond donors (Lipinski definition) is 1. The minimum atomic E-state index is -0.693. The summed E-state index contributed by atoms with van der Waals surface area (Å²) < 4.78 is 9.94. The van der Waals surface area contributed by atoms with Crippen molar-refractivity contribution in [2.75, 3.05) is 13.7 Å². The monoisotopic (exact) mass is 344 g/mol. The number of ether oxygens (including phenoxy) is 2. The Kier molecular flexibility index (Phi) is 5.67. The average molecular weight is 344 g/mol. The highest BCUT2D eigenvalue weighted by Gasteiger charge is 2.17. The van der Waals surface area contributed by atoms with Crippen LogP contribution < -0.4 is 4.74 Å². The van der Waals surface area contributed by atoms with Gasteiger partial charge in [0.25, 0.3) is 5.69 Å². The quantitative estimate of drug-likeness (QED) is 0.487. The second kappa shape index (κ2) is 7.91. The van der Waals surface area contributed by atoms with E-state index in [0.29, 0.717) is 11.3 Å². The molecule has 0 bridgehead atoms. The number of aromatic hydroxyl groups is 1. The minimum Gasteiger partial charge on any atom is -0.504 e. The van der Waals surface area contributed by atoms with Crippen molar-refractivity contribution in [3.63, 3.8) is 0 Å². The van der Waals surface area contributed by atoms with E-state index in [9.17, 15) is 20.0 Å². The van der Waals surface area contributed by atoms with Crippen LogP contribution in [0.4, 0.5) is 5.69 Å². The third-order valence-electron chi connectivity index (χ3n) is 3.25. The van der Waals surface area contributed by atoms with Crippen LogP contribution in [0.1, 0.15) is 28.5 Å². The van der Waals surface area contributed by atoms with Gasteiger partial charge < -0.3 is 14.6 Å². The Hall–Kier alpha value is -3.42. The van der Waals surface area contributed by atoms with Crippen LogP contribution in [-0.2, 0) is 4.74 Å². The number of nitro groups is 1. The molecule has 1 N–H and O–H groups in total. The van der Waals surface area contributed by atoms with Gasteiger partial charge in [0.1, 0.15) is 6.20 Å². The molecule has 0 aliphatic carbocycles. The van der Waals surface area contributed by atoms with Crippen LogP contribution in [0, 0.1) is 10.1 Å². The van der Waals surface area contributed by atoms with Gasteiger partial charge in [0.15, 0.2) is 11.5 Å². The number of benzene rings is 1. The summed E-state index contributed by atoms with van der Waals surface area (Å²) in [5, 5.41) is 20.5. The molecule has 25 heavy (non-hydrogen) atoms. The van der Waals surface area contributed by atoms with Gasteiger partial charge >= 0.3 is 5.97 Å². The molecule has 0 radical (unpaired) electrons. The number of rotatable bonds is 6. The topological polar surface area (TPSA) is 112 Å². The first-order valence-corrected chi connectivity index (χ1v) is 7.33. The Balaban J connectivity index is 2.40. The smallest absolute Gasteiger partial charge is 0.340 e. The number of methoxy groups -OCH3 is 1. The van der Waals surface area contributed by atoms with Gasteiger partial charge in [0, 0.05) is 6.07 Å². The first-order chi connectivity index (χ1) is 12.0. The fourth-order valence-electron chi connectivity index (χ4n) is 2.04. The lowest BCUT2D eigenvalue weighted by Crippen LogP contribution is -2.08. The van der Waals surface area contributed by atoms with E-state index < -0.39 is 10.9 Å². The van der Waals surface area contributed by atoms with Gasteiger partial charge in [-0.2, -0.15) is 0 Å². The molecule has 0 aliphatic rings. The van der Waals surface area contributed by atoms with E-state index in [1.807, 2.05) is 0 Å². The highest BCUT2D eigenvalue weighted by molar-refractivity contribution is 5.94. The first kappa shape index (κ1) is 17.9. The Morgan fingerprint density at radius 2 is 2.12 bits per heavy atom. The molecule has 2 aromatic rings. The van der Waals surface area contributed by atoms with Crippen molar-refractivity contribution in [1.29, 1.82) is 0 Å². The van der Waals surface area contributed by atoms with E-state index in [1.165, 1.54) is 19.3 Å². The lowest BCUT2D eigenvalue weighted by Gasteiger charge is -2.06. The Bertz CT molecular complexity index is 832. The molecule has 0 atom stereocenters. The van der Waals surface area contributed by atoms with Gasteiger partial charge in [-0.3, -0.25) is 10.1 Å². The minimum absolute atomic E-state index is 0.000300. The molecule has 2 rings (SSSR count). The summed E-state index contributed by atoms with van der Waals surface area (Å²) in [4.78, 5) is 26.2. The highest BCUT2D eigenvalue weighted by atomic mass is 16.6. The molecule has 8 heteroatoms. The fourth-order valence-corrected chi connectivity index (χ4v) is 2.04. The van der Waals surface area contributed by atoms with Crippen molar-refractivity contribution in [1.82, 2.24) is 4.98 Å². The molecule has 0 saturated heterocycles. The van der Waals surface area contributed by atoms with E-state index >= 15 is 0 Å². The van der Waals surface area contributed by atoms with Crippen LogP contribution in [0.25, 0.3) is 12.2 Å². The summed E-state index contributed by atoms with van der Waals surface area (Å²) in [5.74, 6) is -0.397. The number of pyridine rings is 1. The van der Waals surface area contributed by atoms with Crippen LogP contribution in [0.2, 0.25) is 0 Å². The molecule has 0 saturated carbocycles. The predicted octanol–water partition coefficient (Wildman–Crippen LogP) is 3.05. The van der Waals surface area contributed by atoms with Crippen LogP contribution in [-0.4, -0.2) is 34.7 Å². The molecule has 0 unspecified atom stereocenters. The number of phenols is 1. The molecule has 0 amide bonds. The maximum Gasteiger partial charge on any atom is 0.340 e.